The van der Waals surface area contributed by atoms with E-state index in [1.807, 2.05) is 42.5 Å². The molecule has 1 amide bonds. The van der Waals surface area contributed by atoms with Crippen LogP contribution in [0.5, 0.6) is 5.75 Å². The largest absolute Gasteiger partial charge is 0.493 e. The van der Waals surface area contributed by atoms with Gasteiger partial charge in [0, 0.05) is 31.9 Å². The predicted octanol–water partition coefficient (Wildman–Crippen LogP) is 3.28. The molecule has 0 atom stereocenters. The summed E-state index contributed by atoms with van der Waals surface area (Å²) in [6, 6.07) is 15.4. The Hall–Kier alpha value is -3.19. The Labute approximate surface area is 183 Å². The standard InChI is InChI=1S/C24H29N3O4/c25-23(28)19-7-1-3-9-21(19)27-14-12-26(13-15-27)11-5-6-16-29-22-10-4-2-8-20(22)24-30-17-18-31-24/h1-4,7-10,17-18,24H,5-6,11-16H2,(H2,25,28). The van der Waals surface area contributed by atoms with E-state index in [9.17, 15) is 4.79 Å². The van der Waals surface area contributed by atoms with E-state index >= 15 is 0 Å². The Balaban J connectivity index is 1.18. The van der Waals surface area contributed by atoms with Gasteiger partial charge in [0.2, 0.25) is 0 Å². The molecule has 31 heavy (non-hydrogen) atoms. The molecule has 2 aromatic rings. The monoisotopic (exact) mass is 423 g/mol. The fourth-order valence-corrected chi connectivity index (χ4v) is 3.98. The number of carbonyl (C=O) groups excluding carboxylic acids is 1. The average molecular weight is 424 g/mol. The minimum atomic E-state index is -0.424. The second kappa shape index (κ2) is 10.2. The Morgan fingerprint density at radius 2 is 1.68 bits per heavy atom. The van der Waals surface area contributed by atoms with Gasteiger partial charge in [-0.1, -0.05) is 24.3 Å². The number of ether oxygens (including phenoxy) is 3. The highest BCUT2D eigenvalue weighted by Gasteiger charge is 2.21. The Morgan fingerprint density at radius 1 is 0.968 bits per heavy atom. The van der Waals surface area contributed by atoms with Crippen LogP contribution in [-0.4, -0.2) is 50.1 Å². The van der Waals surface area contributed by atoms with Crippen molar-refractivity contribution in [2.75, 3.05) is 44.2 Å². The smallest absolute Gasteiger partial charge is 0.269 e. The summed E-state index contributed by atoms with van der Waals surface area (Å²) in [4.78, 5) is 16.4. The molecule has 1 saturated heterocycles. The molecule has 0 saturated carbocycles. The van der Waals surface area contributed by atoms with Gasteiger partial charge in [0.15, 0.2) is 0 Å². The fourth-order valence-electron chi connectivity index (χ4n) is 3.98. The zero-order valence-electron chi connectivity index (χ0n) is 17.6. The lowest BCUT2D eigenvalue weighted by atomic mass is 10.1. The highest BCUT2D eigenvalue weighted by atomic mass is 16.7. The molecule has 0 aliphatic carbocycles. The van der Waals surface area contributed by atoms with E-state index in [2.05, 4.69) is 9.80 Å². The van der Waals surface area contributed by atoms with Gasteiger partial charge >= 0.3 is 0 Å². The summed E-state index contributed by atoms with van der Waals surface area (Å²) in [6.45, 7) is 5.42. The summed E-state index contributed by atoms with van der Waals surface area (Å²) in [5.41, 5.74) is 7.96. The summed E-state index contributed by atoms with van der Waals surface area (Å²) >= 11 is 0. The number of carbonyl (C=O) groups is 1. The minimum Gasteiger partial charge on any atom is -0.493 e. The summed E-state index contributed by atoms with van der Waals surface area (Å²) in [6.07, 6.45) is 4.72. The predicted molar refractivity (Wildman–Crippen MR) is 119 cm³/mol. The van der Waals surface area contributed by atoms with Crippen molar-refractivity contribution in [3.05, 3.63) is 72.2 Å². The van der Waals surface area contributed by atoms with Gasteiger partial charge in [-0.25, -0.2) is 0 Å². The molecule has 2 heterocycles. The topological polar surface area (TPSA) is 77.3 Å². The lowest BCUT2D eigenvalue weighted by Crippen LogP contribution is -2.47. The number of unbranched alkanes of at least 4 members (excludes halogenated alkanes) is 1. The van der Waals surface area contributed by atoms with E-state index in [1.54, 1.807) is 18.6 Å². The van der Waals surface area contributed by atoms with Crippen molar-refractivity contribution in [2.45, 2.75) is 19.1 Å². The van der Waals surface area contributed by atoms with Crippen LogP contribution in [0.1, 0.15) is 35.1 Å². The van der Waals surface area contributed by atoms with Crippen LogP contribution in [0, 0.1) is 0 Å². The maximum atomic E-state index is 11.7. The molecule has 7 nitrogen and oxygen atoms in total. The van der Waals surface area contributed by atoms with Crippen molar-refractivity contribution in [3.63, 3.8) is 0 Å². The molecule has 0 spiro atoms. The van der Waals surface area contributed by atoms with Gasteiger partial charge in [-0.15, -0.1) is 0 Å². The number of hydrogen-bond acceptors (Lipinski definition) is 6. The highest BCUT2D eigenvalue weighted by molar-refractivity contribution is 5.98. The van der Waals surface area contributed by atoms with Crippen LogP contribution in [0.3, 0.4) is 0 Å². The van der Waals surface area contributed by atoms with Gasteiger partial charge in [-0.2, -0.15) is 0 Å². The van der Waals surface area contributed by atoms with Crippen LogP contribution in [0.4, 0.5) is 5.69 Å². The first-order chi connectivity index (χ1) is 15.2. The van der Waals surface area contributed by atoms with Crippen LogP contribution in [-0.2, 0) is 9.47 Å². The van der Waals surface area contributed by atoms with Gasteiger partial charge in [-0.3, -0.25) is 9.69 Å². The van der Waals surface area contributed by atoms with Crippen LogP contribution >= 0.6 is 0 Å². The van der Waals surface area contributed by atoms with Gasteiger partial charge in [0.05, 0.1) is 17.7 Å². The number of anilines is 1. The number of para-hydroxylation sites is 2. The molecule has 164 valence electrons. The van der Waals surface area contributed by atoms with Crippen LogP contribution in [0.2, 0.25) is 0 Å². The Morgan fingerprint density at radius 3 is 2.45 bits per heavy atom. The first-order valence-electron chi connectivity index (χ1n) is 10.8. The maximum Gasteiger partial charge on any atom is 0.269 e. The third-order valence-electron chi connectivity index (χ3n) is 5.64. The normalized spacial score (nSPS) is 16.7. The van der Waals surface area contributed by atoms with Crippen molar-refractivity contribution in [2.24, 2.45) is 5.73 Å². The second-order valence-corrected chi connectivity index (χ2v) is 7.68. The molecular weight excluding hydrogens is 394 g/mol. The summed E-state index contributed by atoms with van der Waals surface area (Å²) in [7, 11) is 0. The Kier molecular flexibility index (Phi) is 6.94. The van der Waals surface area contributed by atoms with Gasteiger partial charge < -0.3 is 24.8 Å². The number of primary amides is 1. The van der Waals surface area contributed by atoms with E-state index in [0.717, 1.165) is 62.6 Å². The molecule has 0 radical (unpaired) electrons. The number of hydrogen-bond donors (Lipinski definition) is 1. The van der Waals surface area contributed by atoms with Crippen molar-refractivity contribution in [1.29, 1.82) is 0 Å². The van der Waals surface area contributed by atoms with E-state index in [1.165, 1.54) is 0 Å². The molecule has 0 unspecified atom stereocenters. The minimum absolute atomic E-state index is 0.373. The zero-order chi connectivity index (χ0) is 21.5. The molecule has 7 heteroatoms. The molecule has 2 N–H and O–H groups in total. The molecule has 2 aromatic carbocycles. The number of amides is 1. The number of rotatable bonds is 9. The van der Waals surface area contributed by atoms with E-state index in [-0.39, 0.29) is 5.91 Å². The Bertz CT molecular complexity index is 901. The summed E-state index contributed by atoms with van der Waals surface area (Å²) in [5.74, 6) is 0.430. The SMILES string of the molecule is NC(=O)c1ccccc1N1CCN(CCCCOc2ccccc2C2OC=CO2)CC1. The molecule has 2 aliphatic rings. The average Bonchev–Trinajstić information content (AvgIpc) is 3.34. The summed E-state index contributed by atoms with van der Waals surface area (Å²) < 4.78 is 16.8. The van der Waals surface area contributed by atoms with Crippen molar-refractivity contribution in [1.82, 2.24) is 4.90 Å². The second-order valence-electron chi connectivity index (χ2n) is 7.68. The fraction of sp³-hybridized carbons (Fsp3) is 0.375. The lowest BCUT2D eigenvalue weighted by Gasteiger charge is -2.36. The third kappa shape index (κ3) is 5.30. The van der Waals surface area contributed by atoms with E-state index < -0.39 is 6.29 Å². The lowest BCUT2D eigenvalue weighted by molar-refractivity contribution is -0.0264. The van der Waals surface area contributed by atoms with Crippen molar-refractivity contribution >= 4 is 11.6 Å². The quantitative estimate of drug-likeness (QED) is 0.624. The van der Waals surface area contributed by atoms with Gasteiger partial charge in [0.1, 0.15) is 18.3 Å². The van der Waals surface area contributed by atoms with Gasteiger partial charge in [-0.05, 0) is 43.7 Å². The van der Waals surface area contributed by atoms with E-state index in [4.69, 9.17) is 19.9 Å². The highest BCUT2D eigenvalue weighted by Crippen LogP contribution is 2.31. The van der Waals surface area contributed by atoms with Crippen molar-refractivity contribution in [3.8, 4) is 5.75 Å². The molecule has 0 bridgehead atoms. The first kappa shape index (κ1) is 21.1. The summed E-state index contributed by atoms with van der Waals surface area (Å²) in [5, 5.41) is 0. The first-order valence-corrected chi connectivity index (χ1v) is 10.8. The third-order valence-corrected chi connectivity index (χ3v) is 5.64. The number of benzene rings is 2. The molecule has 2 aliphatic heterocycles. The molecule has 0 aromatic heterocycles. The van der Waals surface area contributed by atoms with Crippen molar-refractivity contribution < 1.29 is 19.0 Å². The maximum absolute atomic E-state index is 11.7. The molecular formula is C24H29N3O4. The number of nitrogens with two attached hydrogens (primary N) is 1. The van der Waals surface area contributed by atoms with Crippen LogP contribution in [0.25, 0.3) is 0 Å². The molecule has 1 fully saturated rings. The van der Waals surface area contributed by atoms with Gasteiger partial charge in [0.25, 0.3) is 12.2 Å². The number of piperazine rings is 1. The van der Waals surface area contributed by atoms with Crippen LogP contribution in [0.15, 0.2) is 61.1 Å². The molecule has 4 rings (SSSR count). The van der Waals surface area contributed by atoms with E-state index in [0.29, 0.717) is 12.2 Å². The van der Waals surface area contributed by atoms with Crippen LogP contribution < -0.4 is 15.4 Å². The number of nitrogens with zero attached hydrogens (tertiary/aromatic N) is 2. The zero-order valence-corrected chi connectivity index (χ0v) is 17.6.